The normalized spacial score (nSPS) is 12.3. The highest BCUT2D eigenvalue weighted by Gasteiger charge is 2.15. The standard InChI is InChI=1S/C15H13BrCl2O/c1-9-7-10(3-6-14(9)19-2)15(18)12-8-11(16)4-5-13(12)17/h3-8,15H,1-2H3. The van der Waals surface area contributed by atoms with Gasteiger partial charge >= 0.3 is 0 Å². The van der Waals surface area contributed by atoms with E-state index in [0.29, 0.717) is 5.02 Å². The van der Waals surface area contributed by atoms with Crippen molar-refractivity contribution in [2.75, 3.05) is 7.11 Å². The van der Waals surface area contributed by atoms with Crippen molar-refractivity contribution in [2.45, 2.75) is 12.3 Å². The second kappa shape index (κ2) is 6.17. The van der Waals surface area contributed by atoms with Gasteiger partial charge < -0.3 is 4.74 Å². The minimum atomic E-state index is -0.283. The van der Waals surface area contributed by atoms with E-state index in [-0.39, 0.29) is 5.38 Å². The molecule has 1 unspecified atom stereocenters. The molecule has 0 spiro atoms. The van der Waals surface area contributed by atoms with Crippen molar-refractivity contribution in [3.05, 3.63) is 62.6 Å². The maximum Gasteiger partial charge on any atom is 0.121 e. The van der Waals surface area contributed by atoms with Gasteiger partial charge in [-0.05, 0) is 47.9 Å². The second-order valence-electron chi connectivity index (χ2n) is 4.26. The summed E-state index contributed by atoms with van der Waals surface area (Å²) in [6.45, 7) is 1.99. The molecule has 19 heavy (non-hydrogen) atoms. The maximum atomic E-state index is 6.53. The summed E-state index contributed by atoms with van der Waals surface area (Å²) < 4.78 is 6.21. The topological polar surface area (TPSA) is 9.23 Å². The van der Waals surface area contributed by atoms with Crippen LogP contribution in [0.1, 0.15) is 22.1 Å². The molecule has 0 aliphatic heterocycles. The lowest BCUT2D eigenvalue weighted by molar-refractivity contribution is 0.411. The third kappa shape index (κ3) is 3.25. The Labute approximate surface area is 131 Å². The van der Waals surface area contributed by atoms with Gasteiger partial charge in [0.1, 0.15) is 5.75 Å². The Kier molecular flexibility index (Phi) is 4.77. The minimum Gasteiger partial charge on any atom is -0.496 e. The fraction of sp³-hybridized carbons (Fsp3) is 0.200. The van der Waals surface area contributed by atoms with Crippen molar-refractivity contribution in [1.29, 1.82) is 0 Å². The van der Waals surface area contributed by atoms with Gasteiger partial charge in [-0.15, -0.1) is 11.6 Å². The Morgan fingerprint density at radius 3 is 2.53 bits per heavy atom. The zero-order valence-corrected chi connectivity index (χ0v) is 13.7. The van der Waals surface area contributed by atoms with Crippen LogP contribution in [0.15, 0.2) is 40.9 Å². The SMILES string of the molecule is COc1ccc(C(Cl)c2cc(Br)ccc2Cl)cc1C. The van der Waals surface area contributed by atoms with Crippen molar-refractivity contribution in [3.8, 4) is 5.75 Å². The van der Waals surface area contributed by atoms with E-state index in [1.165, 1.54) is 0 Å². The van der Waals surface area contributed by atoms with Crippen LogP contribution in [0.3, 0.4) is 0 Å². The van der Waals surface area contributed by atoms with Gasteiger partial charge in [0.25, 0.3) is 0 Å². The van der Waals surface area contributed by atoms with Gasteiger partial charge in [-0.3, -0.25) is 0 Å². The predicted octanol–water partition coefficient (Wildman–Crippen LogP) is 5.75. The van der Waals surface area contributed by atoms with Crippen molar-refractivity contribution in [3.63, 3.8) is 0 Å². The molecule has 0 bridgehead atoms. The Hall–Kier alpha value is -0.700. The highest BCUT2D eigenvalue weighted by molar-refractivity contribution is 9.10. The number of aryl methyl sites for hydroxylation is 1. The van der Waals surface area contributed by atoms with Gasteiger partial charge in [0.15, 0.2) is 0 Å². The first-order valence-corrected chi connectivity index (χ1v) is 7.37. The molecule has 0 aliphatic rings. The molecule has 2 aromatic carbocycles. The van der Waals surface area contributed by atoms with Crippen LogP contribution in [0.5, 0.6) is 5.75 Å². The molecule has 0 N–H and O–H groups in total. The molecule has 0 saturated heterocycles. The molecule has 2 rings (SSSR count). The Morgan fingerprint density at radius 1 is 1.16 bits per heavy atom. The molecule has 0 aliphatic carbocycles. The molecular weight excluding hydrogens is 347 g/mol. The van der Waals surface area contributed by atoms with Gasteiger partial charge in [0, 0.05) is 9.50 Å². The third-order valence-electron chi connectivity index (χ3n) is 2.94. The number of benzene rings is 2. The molecule has 0 fully saturated rings. The summed E-state index contributed by atoms with van der Waals surface area (Å²) in [4.78, 5) is 0. The highest BCUT2D eigenvalue weighted by atomic mass is 79.9. The lowest BCUT2D eigenvalue weighted by Crippen LogP contribution is -1.96. The predicted molar refractivity (Wildman–Crippen MR) is 84.6 cm³/mol. The fourth-order valence-electron chi connectivity index (χ4n) is 1.95. The van der Waals surface area contributed by atoms with Gasteiger partial charge in [0.05, 0.1) is 12.5 Å². The van der Waals surface area contributed by atoms with E-state index in [2.05, 4.69) is 15.9 Å². The summed E-state index contributed by atoms with van der Waals surface area (Å²) in [5.41, 5.74) is 2.94. The third-order valence-corrected chi connectivity index (χ3v) is 4.27. The van der Waals surface area contributed by atoms with E-state index in [4.69, 9.17) is 27.9 Å². The molecule has 1 nitrogen and oxygen atoms in total. The zero-order valence-electron chi connectivity index (χ0n) is 10.6. The van der Waals surface area contributed by atoms with Crippen LogP contribution in [-0.2, 0) is 0 Å². The van der Waals surface area contributed by atoms with E-state index in [1.54, 1.807) is 7.11 Å². The number of alkyl halides is 1. The van der Waals surface area contributed by atoms with Crippen LogP contribution in [0, 0.1) is 6.92 Å². The van der Waals surface area contributed by atoms with E-state index in [9.17, 15) is 0 Å². The van der Waals surface area contributed by atoms with Crippen molar-refractivity contribution in [2.24, 2.45) is 0 Å². The largest absolute Gasteiger partial charge is 0.496 e. The lowest BCUT2D eigenvalue weighted by atomic mass is 10.0. The summed E-state index contributed by atoms with van der Waals surface area (Å²) in [5.74, 6) is 0.855. The van der Waals surface area contributed by atoms with E-state index in [1.807, 2.05) is 43.3 Å². The van der Waals surface area contributed by atoms with Crippen molar-refractivity contribution >= 4 is 39.1 Å². The smallest absolute Gasteiger partial charge is 0.121 e. The summed E-state index contributed by atoms with van der Waals surface area (Å²) >= 11 is 16.2. The summed E-state index contributed by atoms with van der Waals surface area (Å²) in [5, 5.41) is 0.381. The number of hydrogen-bond donors (Lipinski definition) is 0. The molecule has 1 atom stereocenters. The van der Waals surface area contributed by atoms with Crippen LogP contribution in [0.2, 0.25) is 5.02 Å². The first-order valence-electron chi connectivity index (χ1n) is 5.76. The molecule has 0 heterocycles. The first-order chi connectivity index (χ1) is 9.02. The Balaban J connectivity index is 2.41. The zero-order chi connectivity index (χ0) is 14.0. The number of methoxy groups -OCH3 is 1. The summed E-state index contributed by atoms with van der Waals surface area (Å²) in [7, 11) is 1.66. The Morgan fingerprint density at radius 2 is 1.89 bits per heavy atom. The molecular formula is C15H13BrCl2O. The Bertz CT molecular complexity index is 599. The van der Waals surface area contributed by atoms with Gasteiger partial charge in [0.2, 0.25) is 0 Å². The number of hydrogen-bond acceptors (Lipinski definition) is 1. The number of rotatable bonds is 3. The highest BCUT2D eigenvalue weighted by Crippen LogP contribution is 2.36. The van der Waals surface area contributed by atoms with Gasteiger partial charge in [-0.2, -0.15) is 0 Å². The van der Waals surface area contributed by atoms with Crippen LogP contribution in [0.25, 0.3) is 0 Å². The molecule has 0 amide bonds. The van der Waals surface area contributed by atoms with E-state index in [0.717, 1.165) is 26.9 Å². The lowest BCUT2D eigenvalue weighted by Gasteiger charge is -2.14. The average Bonchev–Trinajstić information content (AvgIpc) is 2.40. The molecule has 0 aromatic heterocycles. The van der Waals surface area contributed by atoms with Crippen molar-refractivity contribution < 1.29 is 4.74 Å². The maximum absolute atomic E-state index is 6.53. The monoisotopic (exact) mass is 358 g/mol. The number of halogens is 3. The molecule has 0 saturated carbocycles. The van der Waals surface area contributed by atoms with Crippen LogP contribution < -0.4 is 4.74 Å². The van der Waals surface area contributed by atoms with Crippen LogP contribution >= 0.6 is 39.1 Å². The van der Waals surface area contributed by atoms with Gasteiger partial charge in [-0.25, -0.2) is 0 Å². The van der Waals surface area contributed by atoms with Gasteiger partial charge in [-0.1, -0.05) is 39.7 Å². The molecule has 100 valence electrons. The summed E-state index contributed by atoms with van der Waals surface area (Å²) in [6.07, 6.45) is 0. The minimum absolute atomic E-state index is 0.283. The number of ether oxygens (including phenoxy) is 1. The summed E-state index contributed by atoms with van der Waals surface area (Å²) in [6, 6.07) is 11.6. The first kappa shape index (κ1) is 14.7. The quantitative estimate of drug-likeness (QED) is 0.634. The molecule has 4 heteroatoms. The average molecular weight is 360 g/mol. The second-order valence-corrected chi connectivity index (χ2v) is 6.02. The van der Waals surface area contributed by atoms with Crippen molar-refractivity contribution in [1.82, 2.24) is 0 Å². The van der Waals surface area contributed by atoms with E-state index < -0.39 is 0 Å². The molecule has 2 aromatic rings. The van der Waals surface area contributed by atoms with E-state index >= 15 is 0 Å². The van der Waals surface area contributed by atoms with Crippen LogP contribution in [0.4, 0.5) is 0 Å². The fourth-order valence-corrected chi connectivity index (χ4v) is 2.93. The molecule has 0 radical (unpaired) electrons. The van der Waals surface area contributed by atoms with Crippen LogP contribution in [-0.4, -0.2) is 7.11 Å².